The molecule has 2 amide bonds. The van der Waals surface area contributed by atoms with Crippen LogP contribution in [0.5, 0.6) is 11.5 Å². The molecule has 0 aromatic heterocycles. The minimum Gasteiger partial charge on any atom is -0.490 e. The topological polar surface area (TPSA) is 111 Å². The van der Waals surface area contributed by atoms with E-state index in [0.29, 0.717) is 15.6 Å². The standard InChI is InChI=1S/C23H27Cl2N3O6/c1-5-14(2)26-23(30)15(3)27(12-16-6-8-18(24)19(25)10-16)22(29)13-34-17-7-9-20(28(31)32)21(11-17)33-4/h6-11,14-15H,5,12-13H2,1-4H3,(H,26,30)/t14-,15-/m0/s1. The zero-order valence-corrected chi connectivity index (χ0v) is 20.9. The van der Waals surface area contributed by atoms with Gasteiger partial charge in [0, 0.05) is 24.7 Å². The average Bonchev–Trinajstić information content (AvgIpc) is 2.82. The number of nitrogens with zero attached hydrogens (tertiary/aromatic N) is 2. The van der Waals surface area contributed by atoms with Crippen LogP contribution >= 0.6 is 23.2 Å². The first-order chi connectivity index (χ1) is 16.1. The van der Waals surface area contributed by atoms with Crippen molar-refractivity contribution < 1.29 is 24.0 Å². The van der Waals surface area contributed by atoms with Crippen LogP contribution in [0.3, 0.4) is 0 Å². The summed E-state index contributed by atoms with van der Waals surface area (Å²) >= 11 is 12.1. The molecular weight excluding hydrogens is 485 g/mol. The van der Waals surface area contributed by atoms with Gasteiger partial charge >= 0.3 is 5.69 Å². The first-order valence-electron chi connectivity index (χ1n) is 10.6. The third-order valence-electron chi connectivity index (χ3n) is 5.22. The van der Waals surface area contributed by atoms with Crippen molar-refractivity contribution in [1.82, 2.24) is 10.2 Å². The molecule has 0 radical (unpaired) electrons. The number of benzene rings is 2. The number of amides is 2. The number of nitrogens with one attached hydrogen (secondary N) is 1. The highest BCUT2D eigenvalue weighted by atomic mass is 35.5. The molecule has 0 heterocycles. The Morgan fingerprint density at radius 2 is 1.85 bits per heavy atom. The van der Waals surface area contributed by atoms with Crippen molar-refractivity contribution in [2.45, 2.75) is 45.8 Å². The van der Waals surface area contributed by atoms with Gasteiger partial charge in [0.1, 0.15) is 11.8 Å². The van der Waals surface area contributed by atoms with Crippen molar-refractivity contribution in [3.05, 3.63) is 62.1 Å². The van der Waals surface area contributed by atoms with E-state index >= 15 is 0 Å². The Morgan fingerprint density at radius 3 is 2.44 bits per heavy atom. The molecule has 11 heteroatoms. The van der Waals surface area contributed by atoms with Gasteiger partial charge in [-0.05, 0) is 44.0 Å². The van der Waals surface area contributed by atoms with Gasteiger partial charge in [0.05, 0.1) is 22.1 Å². The van der Waals surface area contributed by atoms with Gasteiger partial charge in [-0.3, -0.25) is 19.7 Å². The second-order valence-corrected chi connectivity index (χ2v) is 8.46. The van der Waals surface area contributed by atoms with Gasteiger partial charge in [-0.25, -0.2) is 0 Å². The number of methoxy groups -OCH3 is 1. The van der Waals surface area contributed by atoms with Crippen molar-refractivity contribution in [2.75, 3.05) is 13.7 Å². The molecule has 184 valence electrons. The van der Waals surface area contributed by atoms with Crippen molar-refractivity contribution in [2.24, 2.45) is 0 Å². The van der Waals surface area contributed by atoms with E-state index in [-0.39, 0.29) is 35.7 Å². The van der Waals surface area contributed by atoms with Crippen LogP contribution in [0.4, 0.5) is 5.69 Å². The Balaban J connectivity index is 2.23. The number of hydrogen-bond donors (Lipinski definition) is 1. The number of halogens is 2. The van der Waals surface area contributed by atoms with E-state index in [1.165, 1.54) is 30.2 Å². The molecule has 1 N–H and O–H groups in total. The van der Waals surface area contributed by atoms with Crippen LogP contribution in [-0.4, -0.2) is 47.4 Å². The molecule has 0 aliphatic heterocycles. The van der Waals surface area contributed by atoms with E-state index in [4.69, 9.17) is 32.7 Å². The van der Waals surface area contributed by atoms with Gasteiger partial charge in [0.25, 0.3) is 5.91 Å². The minimum absolute atomic E-state index is 0.00362. The minimum atomic E-state index is -0.800. The highest BCUT2D eigenvalue weighted by Gasteiger charge is 2.27. The quantitative estimate of drug-likeness (QED) is 0.348. The highest BCUT2D eigenvalue weighted by molar-refractivity contribution is 6.42. The van der Waals surface area contributed by atoms with Crippen LogP contribution in [0.1, 0.15) is 32.8 Å². The molecule has 2 rings (SSSR count). The van der Waals surface area contributed by atoms with Crippen LogP contribution in [0.25, 0.3) is 0 Å². The Labute approximate surface area is 208 Å². The molecule has 0 spiro atoms. The summed E-state index contributed by atoms with van der Waals surface area (Å²) in [5.74, 6) is -0.555. The number of rotatable bonds is 11. The van der Waals surface area contributed by atoms with E-state index in [9.17, 15) is 19.7 Å². The molecule has 9 nitrogen and oxygen atoms in total. The van der Waals surface area contributed by atoms with Crippen LogP contribution < -0.4 is 14.8 Å². The lowest BCUT2D eigenvalue weighted by Gasteiger charge is -2.29. The van der Waals surface area contributed by atoms with Crippen LogP contribution in [0.2, 0.25) is 10.0 Å². The van der Waals surface area contributed by atoms with Gasteiger partial charge in [0.2, 0.25) is 11.7 Å². The third kappa shape index (κ3) is 7.23. The molecule has 0 fully saturated rings. The highest BCUT2D eigenvalue weighted by Crippen LogP contribution is 2.31. The molecule has 34 heavy (non-hydrogen) atoms. The van der Waals surface area contributed by atoms with Gasteiger partial charge in [-0.2, -0.15) is 0 Å². The fourth-order valence-electron chi connectivity index (χ4n) is 3.01. The normalized spacial score (nSPS) is 12.4. The Hall–Kier alpha value is -3.04. The molecule has 2 aromatic rings. The van der Waals surface area contributed by atoms with E-state index in [1.807, 2.05) is 13.8 Å². The maximum absolute atomic E-state index is 13.1. The first kappa shape index (κ1) is 27.2. The third-order valence-corrected chi connectivity index (χ3v) is 5.95. The number of nitro benzene ring substituents is 1. The number of nitro groups is 1. The fraction of sp³-hybridized carbons (Fsp3) is 0.391. The predicted octanol–water partition coefficient (Wildman–Crippen LogP) is 4.62. The summed E-state index contributed by atoms with van der Waals surface area (Å²) < 4.78 is 10.6. The molecule has 0 saturated carbocycles. The Bertz CT molecular complexity index is 1050. The van der Waals surface area contributed by atoms with Gasteiger partial charge < -0.3 is 19.7 Å². The number of carbonyl (C=O) groups is 2. The monoisotopic (exact) mass is 511 g/mol. The zero-order valence-electron chi connectivity index (χ0n) is 19.3. The lowest BCUT2D eigenvalue weighted by atomic mass is 10.1. The van der Waals surface area contributed by atoms with Crippen LogP contribution in [0.15, 0.2) is 36.4 Å². The molecule has 0 aliphatic carbocycles. The predicted molar refractivity (Wildman–Crippen MR) is 130 cm³/mol. The second-order valence-electron chi connectivity index (χ2n) is 7.64. The van der Waals surface area contributed by atoms with Gasteiger partial charge in [0.15, 0.2) is 6.61 Å². The summed E-state index contributed by atoms with van der Waals surface area (Å²) in [5.41, 5.74) is 0.459. The second kappa shape index (κ2) is 12.4. The summed E-state index contributed by atoms with van der Waals surface area (Å²) in [7, 11) is 1.30. The largest absolute Gasteiger partial charge is 0.490 e. The Kier molecular flexibility index (Phi) is 9.95. The molecule has 0 saturated heterocycles. The smallest absolute Gasteiger partial charge is 0.311 e. The Morgan fingerprint density at radius 1 is 1.15 bits per heavy atom. The zero-order chi connectivity index (χ0) is 25.4. The fourth-order valence-corrected chi connectivity index (χ4v) is 3.33. The van der Waals surface area contributed by atoms with Crippen molar-refractivity contribution >= 4 is 40.7 Å². The number of carbonyl (C=O) groups excluding carboxylic acids is 2. The van der Waals surface area contributed by atoms with E-state index in [0.717, 1.165) is 6.42 Å². The van der Waals surface area contributed by atoms with Crippen LogP contribution in [0, 0.1) is 10.1 Å². The maximum Gasteiger partial charge on any atom is 0.311 e. The maximum atomic E-state index is 13.1. The van der Waals surface area contributed by atoms with Crippen molar-refractivity contribution in [3.8, 4) is 11.5 Å². The van der Waals surface area contributed by atoms with Crippen LogP contribution in [-0.2, 0) is 16.1 Å². The molecular formula is C23H27Cl2N3O6. The van der Waals surface area contributed by atoms with Gasteiger partial charge in [-0.15, -0.1) is 0 Å². The first-order valence-corrected chi connectivity index (χ1v) is 11.3. The molecule has 0 aliphatic rings. The summed E-state index contributed by atoms with van der Waals surface area (Å²) in [6.07, 6.45) is 0.740. The summed E-state index contributed by atoms with van der Waals surface area (Å²) in [4.78, 5) is 37.7. The number of hydrogen-bond acceptors (Lipinski definition) is 6. The van der Waals surface area contributed by atoms with Crippen molar-refractivity contribution in [3.63, 3.8) is 0 Å². The molecule has 0 unspecified atom stereocenters. The lowest BCUT2D eigenvalue weighted by molar-refractivity contribution is -0.385. The summed E-state index contributed by atoms with van der Waals surface area (Å²) in [6, 6.07) is 8.04. The van der Waals surface area contributed by atoms with Gasteiger partial charge in [-0.1, -0.05) is 36.2 Å². The van der Waals surface area contributed by atoms with E-state index < -0.39 is 23.5 Å². The molecule has 0 bridgehead atoms. The average molecular weight is 512 g/mol. The number of ether oxygens (including phenoxy) is 2. The molecule has 2 aromatic carbocycles. The molecule has 2 atom stereocenters. The lowest BCUT2D eigenvalue weighted by Crippen LogP contribution is -2.50. The van der Waals surface area contributed by atoms with E-state index in [2.05, 4.69) is 5.32 Å². The van der Waals surface area contributed by atoms with E-state index in [1.54, 1.807) is 25.1 Å². The van der Waals surface area contributed by atoms with Crippen molar-refractivity contribution in [1.29, 1.82) is 0 Å². The SMILES string of the molecule is CC[C@H](C)NC(=O)[C@H](C)N(Cc1ccc(Cl)c(Cl)c1)C(=O)COc1ccc([N+](=O)[O-])c(OC)c1. The summed E-state index contributed by atoms with van der Waals surface area (Å²) in [5, 5.41) is 14.7. The summed E-state index contributed by atoms with van der Waals surface area (Å²) in [6.45, 7) is 5.14.